The lowest BCUT2D eigenvalue weighted by molar-refractivity contribution is 0.206. The van der Waals surface area contributed by atoms with Crippen molar-refractivity contribution < 1.29 is 9.52 Å². The van der Waals surface area contributed by atoms with E-state index in [0.717, 1.165) is 30.3 Å². The number of hydrogen-bond donors (Lipinski definition) is 2. The van der Waals surface area contributed by atoms with Gasteiger partial charge in [-0.2, -0.15) is 0 Å². The van der Waals surface area contributed by atoms with Crippen molar-refractivity contribution in [2.75, 3.05) is 13.2 Å². The molecule has 0 aromatic carbocycles. The summed E-state index contributed by atoms with van der Waals surface area (Å²) >= 11 is 0. The van der Waals surface area contributed by atoms with E-state index in [9.17, 15) is 0 Å². The fraction of sp³-hybridized carbons (Fsp3) is 0.750. The first-order valence-corrected chi connectivity index (χ1v) is 5.69. The van der Waals surface area contributed by atoms with Gasteiger partial charge in [-0.3, -0.25) is 0 Å². The van der Waals surface area contributed by atoms with Gasteiger partial charge in [0.1, 0.15) is 5.76 Å². The van der Waals surface area contributed by atoms with Crippen LogP contribution in [0.2, 0.25) is 0 Å². The highest BCUT2D eigenvalue weighted by Gasteiger charge is 2.16. The molecule has 2 N–H and O–H groups in total. The molecule has 0 aliphatic rings. The first-order valence-electron chi connectivity index (χ1n) is 5.69. The summed E-state index contributed by atoms with van der Waals surface area (Å²) in [6, 6.07) is 0. The largest absolute Gasteiger partial charge is 0.444 e. The van der Waals surface area contributed by atoms with Crippen molar-refractivity contribution in [1.82, 2.24) is 10.3 Å². The van der Waals surface area contributed by atoms with Crippen molar-refractivity contribution in [1.29, 1.82) is 0 Å². The molecule has 0 spiro atoms. The minimum Gasteiger partial charge on any atom is -0.444 e. The Morgan fingerprint density at radius 2 is 2.06 bits per heavy atom. The van der Waals surface area contributed by atoms with E-state index < -0.39 is 0 Å². The van der Waals surface area contributed by atoms with Crippen LogP contribution < -0.4 is 5.32 Å². The minimum atomic E-state index is 0.103. The van der Waals surface area contributed by atoms with Crippen LogP contribution in [0.15, 0.2) is 4.42 Å². The van der Waals surface area contributed by atoms with Gasteiger partial charge in [-0.05, 0) is 25.7 Å². The van der Waals surface area contributed by atoms with E-state index >= 15 is 0 Å². The third kappa shape index (κ3) is 3.94. The molecule has 1 aromatic heterocycles. The van der Waals surface area contributed by atoms with Gasteiger partial charge >= 0.3 is 0 Å². The van der Waals surface area contributed by atoms with Crippen molar-refractivity contribution in [3.8, 4) is 0 Å². The van der Waals surface area contributed by atoms with Gasteiger partial charge in [0.15, 0.2) is 0 Å². The van der Waals surface area contributed by atoms with Gasteiger partial charge in [-0.15, -0.1) is 0 Å². The van der Waals surface area contributed by atoms with Crippen LogP contribution in [0.5, 0.6) is 0 Å². The Labute approximate surface area is 97.1 Å². The molecule has 0 aliphatic heterocycles. The van der Waals surface area contributed by atoms with Gasteiger partial charge in [-0.25, -0.2) is 4.98 Å². The van der Waals surface area contributed by atoms with Gasteiger partial charge in [-0.1, -0.05) is 13.8 Å². The zero-order chi connectivity index (χ0) is 12.2. The lowest BCUT2D eigenvalue weighted by Crippen LogP contribution is -2.29. The van der Waals surface area contributed by atoms with E-state index in [1.165, 1.54) is 0 Å². The molecule has 0 bridgehead atoms. The first kappa shape index (κ1) is 13.2. The van der Waals surface area contributed by atoms with E-state index in [1.807, 2.05) is 13.8 Å². The van der Waals surface area contributed by atoms with E-state index in [1.54, 1.807) is 0 Å². The van der Waals surface area contributed by atoms with E-state index in [-0.39, 0.29) is 12.0 Å². The summed E-state index contributed by atoms with van der Waals surface area (Å²) in [4.78, 5) is 4.30. The number of nitrogens with one attached hydrogen (secondary N) is 1. The molecule has 16 heavy (non-hydrogen) atoms. The molecule has 0 saturated heterocycles. The Hall–Kier alpha value is -0.870. The normalized spacial score (nSPS) is 12.1. The predicted molar refractivity (Wildman–Crippen MR) is 63.2 cm³/mol. The van der Waals surface area contributed by atoms with Crippen LogP contribution in [0, 0.1) is 19.3 Å². The number of aliphatic hydroxyl groups excluding tert-OH is 1. The summed E-state index contributed by atoms with van der Waals surface area (Å²) in [5, 5.41) is 12.2. The summed E-state index contributed by atoms with van der Waals surface area (Å²) in [5.41, 5.74) is 1.05. The summed E-state index contributed by atoms with van der Waals surface area (Å²) < 4.78 is 5.47. The number of aryl methyl sites for hydroxylation is 2. The Morgan fingerprint density at radius 3 is 2.56 bits per heavy atom. The third-order valence-corrected chi connectivity index (χ3v) is 2.74. The maximum absolute atomic E-state index is 8.90. The number of aromatic nitrogens is 1. The van der Waals surface area contributed by atoms with Crippen molar-refractivity contribution in [2.24, 2.45) is 5.41 Å². The monoisotopic (exact) mass is 226 g/mol. The van der Waals surface area contributed by atoms with Crippen LogP contribution in [0.1, 0.15) is 37.6 Å². The van der Waals surface area contributed by atoms with Gasteiger partial charge < -0.3 is 14.8 Å². The second kappa shape index (κ2) is 5.46. The van der Waals surface area contributed by atoms with Gasteiger partial charge in [0, 0.05) is 13.2 Å². The fourth-order valence-corrected chi connectivity index (χ4v) is 1.51. The lowest BCUT2D eigenvalue weighted by atomic mass is 9.90. The van der Waals surface area contributed by atoms with Gasteiger partial charge in [0.25, 0.3) is 0 Å². The maximum atomic E-state index is 8.90. The zero-order valence-electron chi connectivity index (χ0n) is 10.6. The summed E-state index contributed by atoms with van der Waals surface area (Å²) in [6.07, 6.45) is 0.795. The highest BCUT2D eigenvalue weighted by molar-refractivity contribution is 5.05. The Morgan fingerprint density at radius 1 is 1.38 bits per heavy atom. The average molecular weight is 226 g/mol. The van der Waals surface area contributed by atoms with Crippen molar-refractivity contribution in [3.63, 3.8) is 0 Å². The van der Waals surface area contributed by atoms with E-state index in [4.69, 9.17) is 9.52 Å². The maximum Gasteiger partial charge on any atom is 0.208 e. The van der Waals surface area contributed by atoms with E-state index in [0.29, 0.717) is 6.54 Å². The lowest BCUT2D eigenvalue weighted by Gasteiger charge is -2.23. The third-order valence-electron chi connectivity index (χ3n) is 2.74. The number of nitrogens with zero attached hydrogens (tertiary/aromatic N) is 1. The summed E-state index contributed by atoms with van der Waals surface area (Å²) in [5.74, 6) is 1.61. The van der Waals surface area contributed by atoms with Gasteiger partial charge in [0.2, 0.25) is 5.89 Å². The van der Waals surface area contributed by atoms with Crippen molar-refractivity contribution >= 4 is 0 Å². The summed E-state index contributed by atoms with van der Waals surface area (Å²) in [6.45, 7) is 9.83. The van der Waals surface area contributed by atoms with Crippen LogP contribution in [0.25, 0.3) is 0 Å². The standard InChI is InChI=1S/C12H22N2O2/c1-9-10(2)16-11(14-9)7-13-8-12(3,4)5-6-15/h13,15H,5-8H2,1-4H3. The molecule has 4 nitrogen and oxygen atoms in total. The minimum absolute atomic E-state index is 0.103. The van der Waals surface area contributed by atoms with Gasteiger partial charge in [0.05, 0.1) is 12.2 Å². The molecule has 0 atom stereocenters. The first-order chi connectivity index (χ1) is 7.44. The molecule has 0 radical (unpaired) electrons. The van der Waals surface area contributed by atoms with Crippen LogP contribution >= 0.6 is 0 Å². The number of hydrogen-bond acceptors (Lipinski definition) is 4. The quantitative estimate of drug-likeness (QED) is 0.776. The molecule has 92 valence electrons. The molecule has 0 fully saturated rings. The zero-order valence-corrected chi connectivity index (χ0v) is 10.6. The van der Waals surface area contributed by atoms with Crippen LogP contribution in [-0.2, 0) is 6.54 Å². The number of rotatable bonds is 6. The average Bonchev–Trinajstić information content (AvgIpc) is 2.45. The molecular formula is C12H22N2O2. The smallest absolute Gasteiger partial charge is 0.208 e. The second-order valence-electron chi connectivity index (χ2n) is 4.99. The van der Waals surface area contributed by atoms with Crippen molar-refractivity contribution in [2.45, 2.75) is 40.7 Å². The number of oxazole rings is 1. The molecule has 0 saturated carbocycles. The van der Waals surface area contributed by atoms with Crippen LogP contribution in [-0.4, -0.2) is 23.2 Å². The molecule has 4 heteroatoms. The topological polar surface area (TPSA) is 58.3 Å². The Balaban J connectivity index is 2.35. The van der Waals surface area contributed by atoms with Crippen molar-refractivity contribution in [3.05, 3.63) is 17.3 Å². The Kier molecular flexibility index (Phi) is 4.50. The highest BCUT2D eigenvalue weighted by atomic mass is 16.4. The highest BCUT2D eigenvalue weighted by Crippen LogP contribution is 2.18. The Bertz CT molecular complexity index is 312. The molecule has 0 amide bonds. The molecule has 0 unspecified atom stereocenters. The number of aliphatic hydroxyl groups is 1. The molecular weight excluding hydrogens is 204 g/mol. The second-order valence-corrected chi connectivity index (χ2v) is 4.99. The fourth-order valence-electron chi connectivity index (χ4n) is 1.51. The molecule has 1 aromatic rings. The van der Waals surface area contributed by atoms with E-state index in [2.05, 4.69) is 24.1 Å². The van der Waals surface area contributed by atoms with Crippen LogP contribution in [0.4, 0.5) is 0 Å². The molecule has 0 aliphatic carbocycles. The summed E-state index contributed by atoms with van der Waals surface area (Å²) in [7, 11) is 0. The molecule has 1 rings (SSSR count). The van der Waals surface area contributed by atoms with Crippen LogP contribution in [0.3, 0.4) is 0 Å². The predicted octanol–water partition coefficient (Wildman–Crippen LogP) is 1.79. The molecule has 1 heterocycles. The SMILES string of the molecule is Cc1nc(CNCC(C)(C)CCO)oc1C.